The maximum absolute atomic E-state index is 6.17. The van der Waals surface area contributed by atoms with E-state index < -0.39 is 0 Å². The van der Waals surface area contributed by atoms with Gasteiger partial charge in [0.05, 0.1) is 12.1 Å². The Bertz CT molecular complexity index is 356. The number of hydrogen-bond donors (Lipinski definition) is 1. The van der Waals surface area contributed by atoms with Crippen molar-refractivity contribution in [1.82, 2.24) is 0 Å². The summed E-state index contributed by atoms with van der Waals surface area (Å²) in [5.74, 6) is 0.766. The van der Waals surface area contributed by atoms with E-state index in [9.17, 15) is 0 Å². The highest BCUT2D eigenvalue weighted by Crippen LogP contribution is 2.31. The van der Waals surface area contributed by atoms with Gasteiger partial charge in [-0.15, -0.1) is 12.4 Å². The van der Waals surface area contributed by atoms with E-state index in [1.807, 2.05) is 6.07 Å². The van der Waals surface area contributed by atoms with E-state index >= 15 is 0 Å². The van der Waals surface area contributed by atoms with Gasteiger partial charge in [-0.2, -0.15) is 0 Å². The van der Waals surface area contributed by atoms with Crippen molar-refractivity contribution in [2.45, 2.75) is 39.2 Å². The molecule has 4 heteroatoms. The zero-order valence-electron chi connectivity index (χ0n) is 10.6. The lowest BCUT2D eigenvalue weighted by Gasteiger charge is -2.15. The first-order valence-corrected chi connectivity index (χ1v) is 6.11. The van der Waals surface area contributed by atoms with E-state index in [0.717, 1.165) is 30.6 Å². The Morgan fingerprint density at radius 2 is 2.00 bits per heavy atom. The van der Waals surface area contributed by atoms with Crippen LogP contribution >= 0.6 is 24.0 Å². The molecule has 1 aromatic carbocycles. The monoisotopic (exact) mass is 277 g/mol. The van der Waals surface area contributed by atoms with Crippen molar-refractivity contribution in [1.29, 1.82) is 0 Å². The molecular formula is C13H21Cl2NO. The molecule has 0 spiro atoms. The third kappa shape index (κ3) is 4.38. The lowest BCUT2D eigenvalue weighted by Crippen LogP contribution is -2.21. The second-order valence-corrected chi connectivity index (χ2v) is 4.40. The number of aryl methyl sites for hydroxylation is 1. The van der Waals surface area contributed by atoms with Crippen molar-refractivity contribution in [2.24, 2.45) is 5.73 Å². The first-order chi connectivity index (χ1) is 7.62. The quantitative estimate of drug-likeness (QED) is 0.893. The van der Waals surface area contributed by atoms with Crippen LogP contribution in [0.1, 0.15) is 31.4 Å². The largest absolute Gasteiger partial charge is 0.495 e. The Morgan fingerprint density at radius 3 is 2.47 bits per heavy atom. The molecule has 0 heterocycles. The number of ether oxygens (including phenoxy) is 1. The van der Waals surface area contributed by atoms with Gasteiger partial charge in [-0.25, -0.2) is 0 Å². The Labute approximate surface area is 115 Å². The van der Waals surface area contributed by atoms with Crippen LogP contribution in [0.15, 0.2) is 12.1 Å². The molecule has 1 rings (SSSR count). The Balaban J connectivity index is 0.00000256. The summed E-state index contributed by atoms with van der Waals surface area (Å²) in [5.41, 5.74) is 8.31. The number of rotatable bonds is 5. The number of hydrogen-bond acceptors (Lipinski definition) is 2. The zero-order chi connectivity index (χ0) is 12.1. The molecule has 0 bridgehead atoms. The van der Waals surface area contributed by atoms with Gasteiger partial charge >= 0.3 is 0 Å². The molecule has 0 aromatic heterocycles. The van der Waals surface area contributed by atoms with Crippen LogP contribution in [-0.2, 0) is 12.8 Å². The standard InChI is InChI=1S/C13H20ClNO.ClH/c1-4-9-6-10(8-11(15)5-2)13(16-3)12(14)7-9;/h6-7,11H,4-5,8,15H2,1-3H3;1H. The fourth-order valence-electron chi connectivity index (χ4n) is 1.72. The SMILES string of the molecule is CCc1cc(Cl)c(OC)c(CC(N)CC)c1.Cl. The minimum atomic E-state index is 0. The summed E-state index contributed by atoms with van der Waals surface area (Å²) in [6.07, 6.45) is 2.74. The van der Waals surface area contributed by atoms with Crippen LogP contribution < -0.4 is 10.5 Å². The van der Waals surface area contributed by atoms with Crippen LogP contribution in [0.2, 0.25) is 5.02 Å². The summed E-state index contributed by atoms with van der Waals surface area (Å²) in [6.45, 7) is 4.20. The number of nitrogens with two attached hydrogens (primary N) is 1. The minimum absolute atomic E-state index is 0. The minimum Gasteiger partial charge on any atom is -0.495 e. The number of methoxy groups -OCH3 is 1. The molecule has 2 N–H and O–H groups in total. The Morgan fingerprint density at radius 1 is 1.35 bits per heavy atom. The summed E-state index contributed by atoms with van der Waals surface area (Å²) >= 11 is 6.17. The second kappa shape index (κ2) is 7.80. The van der Waals surface area contributed by atoms with E-state index in [2.05, 4.69) is 19.9 Å². The Kier molecular flexibility index (Phi) is 7.60. The van der Waals surface area contributed by atoms with Crippen LogP contribution in [-0.4, -0.2) is 13.2 Å². The van der Waals surface area contributed by atoms with E-state index in [-0.39, 0.29) is 18.4 Å². The van der Waals surface area contributed by atoms with Crippen molar-refractivity contribution >= 4 is 24.0 Å². The Hall–Kier alpha value is -0.440. The molecule has 98 valence electrons. The van der Waals surface area contributed by atoms with Crippen molar-refractivity contribution in [2.75, 3.05) is 7.11 Å². The predicted molar refractivity (Wildman–Crippen MR) is 76.6 cm³/mol. The van der Waals surface area contributed by atoms with Crippen LogP contribution in [0.3, 0.4) is 0 Å². The molecule has 0 aliphatic rings. The molecule has 0 aliphatic carbocycles. The maximum Gasteiger partial charge on any atom is 0.140 e. The van der Waals surface area contributed by atoms with Gasteiger partial charge in [0.25, 0.3) is 0 Å². The van der Waals surface area contributed by atoms with Crippen molar-refractivity contribution in [3.8, 4) is 5.75 Å². The molecule has 2 nitrogen and oxygen atoms in total. The molecule has 1 aromatic rings. The average Bonchev–Trinajstić information content (AvgIpc) is 2.28. The smallest absolute Gasteiger partial charge is 0.140 e. The summed E-state index contributed by atoms with van der Waals surface area (Å²) in [6, 6.07) is 4.26. The molecule has 0 saturated carbocycles. The molecule has 1 atom stereocenters. The predicted octanol–water partition coefficient (Wildman–Crippen LogP) is 3.61. The third-order valence-corrected chi connectivity index (χ3v) is 3.08. The van der Waals surface area contributed by atoms with Gasteiger partial charge in [0.1, 0.15) is 5.75 Å². The normalized spacial score (nSPS) is 11.8. The second-order valence-electron chi connectivity index (χ2n) is 4.00. The summed E-state index contributed by atoms with van der Waals surface area (Å²) in [7, 11) is 1.65. The molecule has 0 saturated heterocycles. The maximum atomic E-state index is 6.17. The highest BCUT2D eigenvalue weighted by atomic mass is 35.5. The number of benzene rings is 1. The van der Waals surface area contributed by atoms with Crippen molar-refractivity contribution < 1.29 is 4.74 Å². The van der Waals surface area contributed by atoms with Crippen molar-refractivity contribution in [3.05, 3.63) is 28.3 Å². The zero-order valence-corrected chi connectivity index (χ0v) is 12.2. The number of halogens is 2. The fourth-order valence-corrected chi connectivity index (χ4v) is 2.06. The van der Waals surface area contributed by atoms with Gasteiger partial charge in [-0.05, 0) is 36.5 Å². The molecule has 17 heavy (non-hydrogen) atoms. The first-order valence-electron chi connectivity index (χ1n) is 5.73. The summed E-state index contributed by atoms with van der Waals surface area (Å²) < 4.78 is 5.33. The summed E-state index contributed by atoms with van der Waals surface area (Å²) in [4.78, 5) is 0. The first kappa shape index (κ1) is 16.6. The molecule has 0 radical (unpaired) electrons. The lowest BCUT2D eigenvalue weighted by atomic mass is 10.0. The molecule has 1 unspecified atom stereocenters. The van der Waals surface area contributed by atoms with Gasteiger partial charge in [-0.3, -0.25) is 0 Å². The van der Waals surface area contributed by atoms with E-state index in [4.69, 9.17) is 22.1 Å². The van der Waals surface area contributed by atoms with Crippen LogP contribution in [0, 0.1) is 0 Å². The van der Waals surface area contributed by atoms with Gasteiger partial charge < -0.3 is 10.5 Å². The third-order valence-electron chi connectivity index (χ3n) is 2.80. The van der Waals surface area contributed by atoms with Crippen LogP contribution in [0.5, 0.6) is 5.75 Å². The highest BCUT2D eigenvalue weighted by Gasteiger charge is 2.12. The summed E-state index contributed by atoms with van der Waals surface area (Å²) in [5, 5.41) is 0.681. The molecule has 0 amide bonds. The molecule has 0 aliphatic heterocycles. The van der Waals surface area contributed by atoms with Gasteiger partial charge in [0.2, 0.25) is 0 Å². The lowest BCUT2D eigenvalue weighted by molar-refractivity contribution is 0.407. The van der Waals surface area contributed by atoms with Gasteiger partial charge in [0.15, 0.2) is 0 Å². The van der Waals surface area contributed by atoms with E-state index in [1.54, 1.807) is 7.11 Å². The van der Waals surface area contributed by atoms with Crippen molar-refractivity contribution in [3.63, 3.8) is 0 Å². The van der Waals surface area contributed by atoms with E-state index in [1.165, 1.54) is 5.56 Å². The van der Waals surface area contributed by atoms with Gasteiger partial charge in [-0.1, -0.05) is 31.5 Å². The average molecular weight is 278 g/mol. The van der Waals surface area contributed by atoms with Crippen LogP contribution in [0.25, 0.3) is 0 Å². The van der Waals surface area contributed by atoms with E-state index in [0.29, 0.717) is 5.02 Å². The molecule has 0 fully saturated rings. The fraction of sp³-hybridized carbons (Fsp3) is 0.538. The van der Waals surface area contributed by atoms with Crippen LogP contribution in [0.4, 0.5) is 0 Å². The van der Waals surface area contributed by atoms with Gasteiger partial charge in [0, 0.05) is 6.04 Å². The molecular weight excluding hydrogens is 257 g/mol. The topological polar surface area (TPSA) is 35.2 Å². The highest BCUT2D eigenvalue weighted by molar-refractivity contribution is 6.32.